The largest absolute Gasteiger partial charge is 0.316 e. The van der Waals surface area contributed by atoms with Crippen molar-refractivity contribution >= 4 is 10.0 Å². The zero-order valence-corrected chi connectivity index (χ0v) is 11.3. The molecule has 19 heavy (non-hydrogen) atoms. The van der Waals surface area contributed by atoms with E-state index < -0.39 is 26.6 Å². The number of nitrogens with one attached hydrogen (secondary N) is 2. The predicted octanol–water partition coefficient (Wildman–Crippen LogP) is 1.24. The Kier molecular flexibility index (Phi) is 4.17. The van der Waals surface area contributed by atoms with Crippen molar-refractivity contribution in [1.82, 2.24) is 10.0 Å². The molecule has 2 N–H and O–H groups in total. The van der Waals surface area contributed by atoms with Gasteiger partial charge in [0.15, 0.2) is 0 Å². The number of benzene rings is 1. The Morgan fingerprint density at radius 1 is 1.42 bits per heavy atom. The summed E-state index contributed by atoms with van der Waals surface area (Å²) in [4.78, 5) is -0.648. The quantitative estimate of drug-likeness (QED) is 0.877. The van der Waals surface area contributed by atoms with Gasteiger partial charge >= 0.3 is 0 Å². The normalized spacial score (nSPS) is 21.5. The first-order valence-corrected chi connectivity index (χ1v) is 7.56. The van der Waals surface area contributed by atoms with Gasteiger partial charge in [-0.1, -0.05) is 0 Å². The van der Waals surface area contributed by atoms with Crippen LogP contribution in [0.25, 0.3) is 0 Å². The molecule has 1 aliphatic rings. The van der Waals surface area contributed by atoms with Crippen LogP contribution >= 0.6 is 0 Å². The van der Waals surface area contributed by atoms with E-state index in [0.717, 1.165) is 31.6 Å². The van der Waals surface area contributed by atoms with Gasteiger partial charge in [-0.25, -0.2) is 21.9 Å². The minimum absolute atomic E-state index is 0.159. The highest BCUT2D eigenvalue weighted by Crippen LogP contribution is 2.19. The van der Waals surface area contributed by atoms with Crippen LogP contribution in [0.2, 0.25) is 0 Å². The average Bonchev–Trinajstić information content (AvgIpc) is 2.85. The molecule has 2 atom stereocenters. The number of sulfonamides is 1. The summed E-state index contributed by atoms with van der Waals surface area (Å²) in [6, 6.07) is 2.06. The molecule has 0 radical (unpaired) electrons. The fraction of sp³-hybridized carbons (Fsp3) is 0.500. The first kappa shape index (κ1) is 14.4. The Hall–Kier alpha value is -1.05. The third kappa shape index (κ3) is 3.29. The van der Waals surface area contributed by atoms with Gasteiger partial charge in [-0.05, 0) is 50.6 Å². The van der Waals surface area contributed by atoms with E-state index in [1.165, 1.54) is 0 Å². The number of hydrogen-bond acceptors (Lipinski definition) is 3. The van der Waals surface area contributed by atoms with Gasteiger partial charge in [-0.15, -0.1) is 0 Å². The van der Waals surface area contributed by atoms with E-state index in [0.29, 0.717) is 6.07 Å². The van der Waals surface area contributed by atoms with E-state index >= 15 is 0 Å². The second kappa shape index (κ2) is 5.52. The Labute approximate surface area is 111 Å². The zero-order chi connectivity index (χ0) is 14.0. The van der Waals surface area contributed by atoms with Crippen LogP contribution in [-0.2, 0) is 10.0 Å². The van der Waals surface area contributed by atoms with Gasteiger partial charge in [0, 0.05) is 6.04 Å². The van der Waals surface area contributed by atoms with E-state index in [4.69, 9.17) is 0 Å². The molecule has 0 aliphatic carbocycles. The van der Waals surface area contributed by atoms with Gasteiger partial charge < -0.3 is 5.32 Å². The van der Waals surface area contributed by atoms with Gasteiger partial charge in [0.05, 0.1) is 0 Å². The molecule has 0 bridgehead atoms. The molecular weight excluding hydrogens is 274 g/mol. The van der Waals surface area contributed by atoms with Crippen LogP contribution in [0.3, 0.4) is 0 Å². The Morgan fingerprint density at radius 2 is 2.16 bits per heavy atom. The SMILES string of the molecule is CC(NS(=O)(=O)c1cc(F)ccc1F)C1CCNC1. The molecule has 4 nitrogen and oxygen atoms in total. The summed E-state index contributed by atoms with van der Waals surface area (Å²) in [7, 11) is -4.04. The Morgan fingerprint density at radius 3 is 2.79 bits per heavy atom. The topological polar surface area (TPSA) is 58.2 Å². The summed E-state index contributed by atoms with van der Waals surface area (Å²) in [5.74, 6) is -1.57. The summed E-state index contributed by atoms with van der Waals surface area (Å²) < 4.78 is 53.0. The van der Waals surface area contributed by atoms with Crippen molar-refractivity contribution in [2.75, 3.05) is 13.1 Å². The maximum absolute atomic E-state index is 13.5. The second-order valence-corrected chi connectivity index (χ2v) is 6.42. The lowest BCUT2D eigenvalue weighted by Crippen LogP contribution is -2.39. The lowest BCUT2D eigenvalue weighted by Gasteiger charge is -2.19. The molecule has 1 saturated heterocycles. The van der Waals surface area contributed by atoms with Crippen LogP contribution < -0.4 is 10.0 Å². The molecule has 1 heterocycles. The van der Waals surface area contributed by atoms with Gasteiger partial charge in [0.2, 0.25) is 10.0 Å². The highest BCUT2D eigenvalue weighted by Gasteiger charge is 2.27. The highest BCUT2D eigenvalue weighted by atomic mass is 32.2. The summed E-state index contributed by atoms with van der Waals surface area (Å²) in [5.41, 5.74) is 0. The summed E-state index contributed by atoms with van der Waals surface area (Å²) in [6.07, 6.45) is 0.856. The Balaban J connectivity index is 2.19. The van der Waals surface area contributed by atoms with E-state index in [9.17, 15) is 17.2 Å². The van der Waals surface area contributed by atoms with E-state index in [-0.39, 0.29) is 12.0 Å². The molecule has 0 spiro atoms. The third-order valence-electron chi connectivity index (χ3n) is 3.33. The molecule has 1 fully saturated rings. The van der Waals surface area contributed by atoms with Crippen molar-refractivity contribution in [3.8, 4) is 0 Å². The molecular formula is C12H16F2N2O2S. The first-order valence-electron chi connectivity index (χ1n) is 6.08. The van der Waals surface area contributed by atoms with Crippen molar-refractivity contribution in [2.45, 2.75) is 24.3 Å². The molecule has 0 amide bonds. The maximum Gasteiger partial charge on any atom is 0.243 e. The molecule has 0 aromatic heterocycles. The average molecular weight is 290 g/mol. The van der Waals surface area contributed by atoms with Crippen molar-refractivity contribution in [3.63, 3.8) is 0 Å². The minimum Gasteiger partial charge on any atom is -0.316 e. The van der Waals surface area contributed by atoms with Crippen LogP contribution in [0, 0.1) is 17.6 Å². The fourth-order valence-electron chi connectivity index (χ4n) is 2.19. The van der Waals surface area contributed by atoms with Crippen LogP contribution in [0.15, 0.2) is 23.1 Å². The predicted molar refractivity (Wildman–Crippen MR) is 67.1 cm³/mol. The highest BCUT2D eigenvalue weighted by molar-refractivity contribution is 7.89. The number of rotatable bonds is 4. The van der Waals surface area contributed by atoms with Crippen LogP contribution in [-0.4, -0.2) is 27.5 Å². The van der Waals surface area contributed by atoms with Gasteiger partial charge in [-0.3, -0.25) is 0 Å². The second-order valence-electron chi connectivity index (χ2n) is 4.74. The Bertz CT molecular complexity index is 557. The minimum atomic E-state index is -4.04. The smallest absolute Gasteiger partial charge is 0.243 e. The molecule has 0 saturated carbocycles. The summed E-state index contributed by atoms with van der Waals surface area (Å²) in [5, 5.41) is 3.13. The van der Waals surface area contributed by atoms with E-state index in [1.54, 1.807) is 6.92 Å². The number of hydrogen-bond donors (Lipinski definition) is 2. The van der Waals surface area contributed by atoms with E-state index in [1.807, 2.05) is 0 Å². The van der Waals surface area contributed by atoms with Crippen molar-refractivity contribution in [3.05, 3.63) is 29.8 Å². The zero-order valence-electron chi connectivity index (χ0n) is 10.5. The molecule has 1 aromatic carbocycles. The first-order chi connectivity index (χ1) is 8.90. The molecule has 1 aromatic rings. The van der Waals surface area contributed by atoms with Crippen molar-refractivity contribution < 1.29 is 17.2 Å². The molecule has 7 heteroatoms. The van der Waals surface area contributed by atoms with Crippen LogP contribution in [0.1, 0.15) is 13.3 Å². The lowest BCUT2D eigenvalue weighted by molar-refractivity contribution is 0.442. The van der Waals surface area contributed by atoms with E-state index in [2.05, 4.69) is 10.0 Å². The van der Waals surface area contributed by atoms with Gasteiger partial charge in [0.1, 0.15) is 16.5 Å². The molecule has 2 unspecified atom stereocenters. The summed E-state index contributed by atoms with van der Waals surface area (Å²) >= 11 is 0. The summed E-state index contributed by atoms with van der Waals surface area (Å²) in [6.45, 7) is 3.28. The van der Waals surface area contributed by atoms with Gasteiger partial charge in [0.25, 0.3) is 0 Å². The monoisotopic (exact) mass is 290 g/mol. The molecule has 106 valence electrons. The van der Waals surface area contributed by atoms with Crippen molar-refractivity contribution in [2.24, 2.45) is 5.92 Å². The van der Waals surface area contributed by atoms with Crippen LogP contribution in [0.4, 0.5) is 8.78 Å². The van der Waals surface area contributed by atoms with Gasteiger partial charge in [-0.2, -0.15) is 0 Å². The lowest BCUT2D eigenvalue weighted by atomic mass is 10.0. The molecule has 1 aliphatic heterocycles. The number of halogens is 2. The maximum atomic E-state index is 13.5. The van der Waals surface area contributed by atoms with Crippen LogP contribution in [0.5, 0.6) is 0 Å². The standard InChI is InChI=1S/C12H16F2N2O2S/c1-8(9-4-5-15-7-9)16-19(17,18)12-6-10(13)2-3-11(12)14/h2-3,6,8-9,15-16H,4-5,7H2,1H3. The fourth-order valence-corrected chi connectivity index (χ4v) is 3.59. The third-order valence-corrected chi connectivity index (χ3v) is 4.90. The van der Waals surface area contributed by atoms with Crippen molar-refractivity contribution in [1.29, 1.82) is 0 Å². The molecule has 2 rings (SSSR count).